The van der Waals surface area contributed by atoms with Crippen molar-refractivity contribution in [3.05, 3.63) is 35.1 Å². The highest BCUT2D eigenvalue weighted by atomic mass is 19.4. The minimum absolute atomic E-state index is 0.0860. The van der Waals surface area contributed by atoms with Gasteiger partial charge in [-0.2, -0.15) is 13.2 Å². The number of alkyl halides is 3. The SMILES string of the molecule is COC(C(=O)c1ccc(C(F)(F)F)c(F)c1)C1CC1. The van der Waals surface area contributed by atoms with Gasteiger partial charge < -0.3 is 4.74 Å². The quantitative estimate of drug-likeness (QED) is 0.622. The summed E-state index contributed by atoms with van der Waals surface area (Å²) in [6, 6.07) is 2.20. The summed E-state index contributed by atoms with van der Waals surface area (Å²) in [6.07, 6.45) is -3.78. The smallest absolute Gasteiger partial charge is 0.373 e. The Morgan fingerprint density at radius 2 is 2.00 bits per heavy atom. The van der Waals surface area contributed by atoms with E-state index in [0.717, 1.165) is 18.9 Å². The third kappa shape index (κ3) is 2.94. The first-order chi connectivity index (χ1) is 8.84. The molecule has 19 heavy (non-hydrogen) atoms. The van der Waals surface area contributed by atoms with Crippen LogP contribution in [0.3, 0.4) is 0 Å². The number of hydrogen-bond acceptors (Lipinski definition) is 2. The molecule has 0 radical (unpaired) electrons. The highest BCUT2D eigenvalue weighted by Gasteiger charge is 2.38. The average Bonchev–Trinajstić information content (AvgIpc) is 3.12. The normalized spacial score (nSPS) is 17.3. The Hall–Kier alpha value is -1.43. The van der Waals surface area contributed by atoms with Crippen LogP contribution in [0.1, 0.15) is 28.8 Å². The summed E-state index contributed by atoms with van der Waals surface area (Å²) in [6.45, 7) is 0. The van der Waals surface area contributed by atoms with Gasteiger partial charge in [-0.3, -0.25) is 4.79 Å². The highest BCUT2D eigenvalue weighted by molar-refractivity contribution is 6.00. The Balaban J connectivity index is 2.26. The molecule has 1 aromatic rings. The van der Waals surface area contributed by atoms with E-state index in [0.29, 0.717) is 12.1 Å². The number of ketones is 1. The molecular weight excluding hydrogens is 264 g/mol. The van der Waals surface area contributed by atoms with Crippen LogP contribution in [0.2, 0.25) is 0 Å². The second kappa shape index (κ2) is 4.92. The van der Waals surface area contributed by atoms with Crippen LogP contribution in [-0.4, -0.2) is 19.0 Å². The summed E-state index contributed by atoms with van der Waals surface area (Å²) >= 11 is 0. The van der Waals surface area contributed by atoms with E-state index in [9.17, 15) is 22.4 Å². The van der Waals surface area contributed by atoms with Crippen LogP contribution in [0, 0.1) is 11.7 Å². The van der Waals surface area contributed by atoms with E-state index in [4.69, 9.17) is 4.74 Å². The molecule has 0 aliphatic heterocycles. The van der Waals surface area contributed by atoms with Crippen molar-refractivity contribution in [2.75, 3.05) is 7.11 Å². The molecule has 1 atom stereocenters. The predicted octanol–water partition coefficient (Wildman–Crippen LogP) is 3.45. The zero-order chi connectivity index (χ0) is 14.2. The van der Waals surface area contributed by atoms with Crippen molar-refractivity contribution in [3.8, 4) is 0 Å². The maximum Gasteiger partial charge on any atom is 0.419 e. The number of halogens is 4. The second-order valence-electron chi connectivity index (χ2n) is 4.55. The summed E-state index contributed by atoms with van der Waals surface area (Å²) in [5.74, 6) is -1.83. The second-order valence-corrected chi connectivity index (χ2v) is 4.55. The van der Waals surface area contributed by atoms with Crippen LogP contribution in [0.15, 0.2) is 18.2 Å². The molecule has 0 N–H and O–H groups in total. The van der Waals surface area contributed by atoms with Crippen LogP contribution < -0.4 is 0 Å². The van der Waals surface area contributed by atoms with Gasteiger partial charge in [-0.05, 0) is 30.9 Å². The van der Waals surface area contributed by atoms with E-state index in [-0.39, 0.29) is 11.5 Å². The Kier molecular flexibility index (Phi) is 3.62. The Labute approximate surface area is 107 Å². The van der Waals surface area contributed by atoms with Crippen LogP contribution >= 0.6 is 0 Å². The molecule has 0 aromatic heterocycles. The summed E-state index contributed by atoms with van der Waals surface area (Å²) in [7, 11) is 1.36. The fourth-order valence-corrected chi connectivity index (χ4v) is 1.98. The van der Waals surface area contributed by atoms with Crippen molar-refractivity contribution >= 4 is 5.78 Å². The molecular formula is C13H12F4O2. The minimum Gasteiger partial charge on any atom is -0.373 e. The number of rotatable bonds is 4. The van der Waals surface area contributed by atoms with E-state index in [1.54, 1.807) is 0 Å². The monoisotopic (exact) mass is 276 g/mol. The van der Waals surface area contributed by atoms with Crippen molar-refractivity contribution in [3.63, 3.8) is 0 Å². The third-order valence-corrected chi connectivity index (χ3v) is 3.12. The van der Waals surface area contributed by atoms with E-state index in [2.05, 4.69) is 0 Å². The molecule has 104 valence electrons. The topological polar surface area (TPSA) is 26.3 Å². The highest BCUT2D eigenvalue weighted by Crippen LogP contribution is 2.36. The number of Topliss-reactive ketones (excluding diaryl/α,β-unsaturated/α-hetero) is 1. The molecule has 1 fully saturated rings. The molecule has 0 bridgehead atoms. The van der Waals surface area contributed by atoms with Gasteiger partial charge >= 0.3 is 6.18 Å². The molecule has 1 aliphatic carbocycles. The third-order valence-electron chi connectivity index (χ3n) is 3.12. The van der Waals surface area contributed by atoms with Crippen LogP contribution in [-0.2, 0) is 10.9 Å². The van der Waals surface area contributed by atoms with Gasteiger partial charge in [-0.25, -0.2) is 4.39 Å². The number of hydrogen-bond donors (Lipinski definition) is 0. The lowest BCUT2D eigenvalue weighted by atomic mass is 10.0. The summed E-state index contributed by atoms with van der Waals surface area (Å²) < 4.78 is 55.6. The van der Waals surface area contributed by atoms with E-state index in [1.807, 2.05) is 0 Å². The number of methoxy groups -OCH3 is 1. The van der Waals surface area contributed by atoms with Crippen LogP contribution in [0.4, 0.5) is 17.6 Å². The summed E-state index contributed by atoms with van der Waals surface area (Å²) in [4.78, 5) is 12.0. The summed E-state index contributed by atoms with van der Waals surface area (Å²) in [5, 5.41) is 0. The maximum absolute atomic E-state index is 13.4. The van der Waals surface area contributed by atoms with Gasteiger partial charge in [0.1, 0.15) is 11.9 Å². The van der Waals surface area contributed by atoms with E-state index < -0.39 is 29.4 Å². The van der Waals surface area contributed by atoms with E-state index >= 15 is 0 Å². The zero-order valence-electron chi connectivity index (χ0n) is 10.1. The Morgan fingerprint density at radius 1 is 1.37 bits per heavy atom. The molecule has 1 unspecified atom stereocenters. The molecule has 1 saturated carbocycles. The molecule has 0 heterocycles. The zero-order valence-corrected chi connectivity index (χ0v) is 10.1. The molecule has 1 aromatic carbocycles. The fraction of sp³-hybridized carbons (Fsp3) is 0.462. The maximum atomic E-state index is 13.4. The molecule has 2 rings (SSSR count). The van der Waals surface area contributed by atoms with Crippen LogP contribution in [0.25, 0.3) is 0 Å². The van der Waals surface area contributed by atoms with Gasteiger partial charge in [-0.1, -0.05) is 6.07 Å². The lowest BCUT2D eigenvalue weighted by Gasteiger charge is -2.14. The number of carbonyl (C=O) groups excluding carboxylic acids is 1. The molecule has 0 spiro atoms. The van der Waals surface area contributed by atoms with Gasteiger partial charge in [0.05, 0.1) is 5.56 Å². The average molecular weight is 276 g/mol. The molecule has 6 heteroatoms. The first-order valence-electron chi connectivity index (χ1n) is 5.78. The predicted molar refractivity (Wildman–Crippen MR) is 59.3 cm³/mol. The van der Waals surface area contributed by atoms with Gasteiger partial charge in [-0.15, -0.1) is 0 Å². The van der Waals surface area contributed by atoms with Crippen LogP contribution in [0.5, 0.6) is 0 Å². The van der Waals surface area contributed by atoms with Gasteiger partial charge in [0, 0.05) is 12.7 Å². The van der Waals surface area contributed by atoms with E-state index in [1.165, 1.54) is 7.11 Å². The Bertz CT molecular complexity index is 492. The van der Waals surface area contributed by atoms with Gasteiger partial charge in [0.15, 0.2) is 5.78 Å². The van der Waals surface area contributed by atoms with Crippen molar-refractivity contribution in [1.29, 1.82) is 0 Å². The largest absolute Gasteiger partial charge is 0.419 e. The number of benzene rings is 1. The lowest BCUT2D eigenvalue weighted by molar-refractivity contribution is -0.140. The van der Waals surface area contributed by atoms with Crippen molar-refractivity contribution < 1.29 is 27.1 Å². The van der Waals surface area contributed by atoms with Gasteiger partial charge in [0.2, 0.25) is 0 Å². The number of carbonyl (C=O) groups is 1. The summed E-state index contributed by atoms with van der Waals surface area (Å²) in [5.41, 5.74) is -1.46. The minimum atomic E-state index is -4.76. The molecule has 1 aliphatic rings. The Morgan fingerprint density at radius 3 is 2.42 bits per heavy atom. The fourth-order valence-electron chi connectivity index (χ4n) is 1.98. The first-order valence-corrected chi connectivity index (χ1v) is 5.78. The van der Waals surface area contributed by atoms with Crippen molar-refractivity contribution in [2.45, 2.75) is 25.1 Å². The molecule has 0 amide bonds. The number of ether oxygens (including phenoxy) is 1. The van der Waals surface area contributed by atoms with Crippen molar-refractivity contribution in [1.82, 2.24) is 0 Å². The lowest BCUT2D eigenvalue weighted by Crippen LogP contribution is -2.25. The standard InChI is InChI=1S/C13H12F4O2/c1-19-12(7-2-3-7)11(18)8-4-5-9(10(14)6-8)13(15,16)17/h4-7,12H,2-3H2,1H3. The first kappa shape index (κ1) is 14.0. The van der Waals surface area contributed by atoms with Crippen molar-refractivity contribution in [2.24, 2.45) is 5.92 Å². The van der Waals surface area contributed by atoms with Gasteiger partial charge in [0.25, 0.3) is 0 Å². The molecule has 0 saturated heterocycles. The molecule has 2 nitrogen and oxygen atoms in total.